The molecule has 3 N–H and O–H groups in total. The molecule has 6 nitrogen and oxygen atoms in total. The number of nitrogen functional groups attached to an aromatic ring is 1. The van der Waals surface area contributed by atoms with Gasteiger partial charge in [0.15, 0.2) is 0 Å². The third-order valence-corrected chi connectivity index (χ3v) is 3.02. The van der Waals surface area contributed by atoms with E-state index in [0.717, 1.165) is 0 Å². The molecule has 0 fully saturated rings. The summed E-state index contributed by atoms with van der Waals surface area (Å²) in [6.45, 7) is 9.55. The van der Waals surface area contributed by atoms with Crippen LogP contribution in [0.4, 0.5) is 5.69 Å². The van der Waals surface area contributed by atoms with Gasteiger partial charge in [0.05, 0.1) is 11.9 Å². The molecular formula is C14H23N3O3. The van der Waals surface area contributed by atoms with Crippen LogP contribution in [0.5, 0.6) is 5.88 Å². The maximum Gasteiger partial charge on any atom is 0.341 e. The van der Waals surface area contributed by atoms with Crippen LogP contribution in [0.1, 0.15) is 38.1 Å². The Kier molecular flexibility index (Phi) is 5.76. The van der Waals surface area contributed by atoms with Gasteiger partial charge in [0, 0.05) is 18.6 Å². The number of nitrogens with two attached hydrogens (primary N) is 1. The Morgan fingerprint density at radius 3 is 2.50 bits per heavy atom. The second-order valence-electron chi connectivity index (χ2n) is 5.20. The number of carboxylic acids is 1. The van der Waals surface area contributed by atoms with Gasteiger partial charge < -0.3 is 15.6 Å². The summed E-state index contributed by atoms with van der Waals surface area (Å²) in [7, 11) is 0. The predicted molar refractivity (Wildman–Crippen MR) is 78.1 cm³/mol. The van der Waals surface area contributed by atoms with Crippen molar-refractivity contribution in [2.45, 2.75) is 39.8 Å². The van der Waals surface area contributed by atoms with Crippen LogP contribution in [0, 0.1) is 0 Å². The average Bonchev–Trinajstić information content (AvgIpc) is 2.34. The quantitative estimate of drug-likeness (QED) is 0.793. The highest BCUT2D eigenvalue weighted by atomic mass is 16.5. The number of aromatic carboxylic acids is 1. The lowest BCUT2D eigenvalue weighted by molar-refractivity contribution is 0.0689. The molecule has 0 bridgehead atoms. The molecule has 0 amide bonds. The zero-order valence-electron chi connectivity index (χ0n) is 12.5. The zero-order valence-corrected chi connectivity index (χ0v) is 12.5. The molecule has 20 heavy (non-hydrogen) atoms. The normalized spacial score (nSPS) is 11.3. The van der Waals surface area contributed by atoms with E-state index in [2.05, 4.69) is 37.6 Å². The molecule has 0 unspecified atom stereocenters. The van der Waals surface area contributed by atoms with Crippen molar-refractivity contribution < 1.29 is 14.6 Å². The smallest absolute Gasteiger partial charge is 0.341 e. The molecule has 6 heteroatoms. The molecule has 1 heterocycles. The Balaban J connectivity index is 2.68. The standard InChI is InChI=1S/C14H23N3O3/c1-9(2)17(10(3)4)5-6-20-13-12(14(18)19)7-11(15)8-16-13/h7-10H,5-6,15H2,1-4H3,(H,18,19). The van der Waals surface area contributed by atoms with Crippen molar-refractivity contribution in [2.24, 2.45) is 0 Å². The summed E-state index contributed by atoms with van der Waals surface area (Å²) >= 11 is 0. The molecule has 0 aromatic carbocycles. The first-order chi connectivity index (χ1) is 9.32. The van der Waals surface area contributed by atoms with Crippen LogP contribution >= 0.6 is 0 Å². The van der Waals surface area contributed by atoms with E-state index in [1.54, 1.807) is 0 Å². The highest BCUT2D eigenvalue weighted by molar-refractivity contribution is 5.91. The van der Waals surface area contributed by atoms with Crippen molar-refractivity contribution in [1.82, 2.24) is 9.88 Å². The summed E-state index contributed by atoms with van der Waals surface area (Å²) in [5, 5.41) is 9.09. The SMILES string of the molecule is CC(C)N(CCOc1ncc(N)cc1C(=O)O)C(C)C. The van der Waals surface area contributed by atoms with E-state index < -0.39 is 5.97 Å². The Bertz CT molecular complexity index is 453. The topological polar surface area (TPSA) is 88.7 Å². The molecule has 0 atom stereocenters. The number of carboxylic acid groups (broad SMARTS) is 1. The van der Waals surface area contributed by atoms with Crippen LogP contribution in [0.15, 0.2) is 12.3 Å². The lowest BCUT2D eigenvalue weighted by Crippen LogP contribution is -2.39. The van der Waals surface area contributed by atoms with Gasteiger partial charge in [-0.25, -0.2) is 9.78 Å². The van der Waals surface area contributed by atoms with Gasteiger partial charge in [-0.1, -0.05) is 0 Å². The Hall–Kier alpha value is -1.82. The van der Waals surface area contributed by atoms with Crippen molar-refractivity contribution in [3.05, 3.63) is 17.8 Å². The minimum absolute atomic E-state index is 0.00866. The number of anilines is 1. The van der Waals surface area contributed by atoms with Crippen molar-refractivity contribution in [3.63, 3.8) is 0 Å². The second kappa shape index (κ2) is 7.09. The monoisotopic (exact) mass is 281 g/mol. The van der Waals surface area contributed by atoms with Gasteiger partial charge in [0.2, 0.25) is 5.88 Å². The lowest BCUT2D eigenvalue weighted by Gasteiger charge is -2.30. The van der Waals surface area contributed by atoms with Crippen molar-refractivity contribution in [1.29, 1.82) is 0 Å². The van der Waals surface area contributed by atoms with Crippen LogP contribution in [-0.4, -0.2) is 46.2 Å². The highest BCUT2D eigenvalue weighted by Crippen LogP contribution is 2.18. The summed E-state index contributed by atoms with van der Waals surface area (Å²) in [4.78, 5) is 17.3. The fourth-order valence-corrected chi connectivity index (χ4v) is 2.10. The van der Waals surface area contributed by atoms with E-state index in [4.69, 9.17) is 15.6 Å². The van der Waals surface area contributed by atoms with Gasteiger partial charge in [-0.3, -0.25) is 4.90 Å². The molecule has 0 aliphatic carbocycles. The summed E-state index contributed by atoms with van der Waals surface area (Å²) in [6.07, 6.45) is 1.39. The number of aromatic nitrogens is 1. The predicted octanol–water partition coefficient (Wildman–Crippen LogP) is 1.86. The number of pyridine rings is 1. The van der Waals surface area contributed by atoms with Gasteiger partial charge in [0.1, 0.15) is 12.2 Å². The van der Waals surface area contributed by atoms with E-state index in [9.17, 15) is 4.79 Å². The number of rotatable bonds is 7. The van der Waals surface area contributed by atoms with Crippen LogP contribution in [-0.2, 0) is 0 Å². The van der Waals surface area contributed by atoms with Gasteiger partial charge in [-0.15, -0.1) is 0 Å². The van der Waals surface area contributed by atoms with Gasteiger partial charge in [-0.2, -0.15) is 0 Å². The molecule has 0 aliphatic rings. The molecule has 1 aromatic rings. The number of carbonyl (C=O) groups is 1. The number of nitrogens with zero attached hydrogens (tertiary/aromatic N) is 2. The Labute approximate surface area is 119 Å². The fourth-order valence-electron chi connectivity index (χ4n) is 2.10. The number of ether oxygens (including phenoxy) is 1. The Morgan fingerprint density at radius 2 is 2.00 bits per heavy atom. The van der Waals surface area contributed by atoms with E-state index >= 15 is 0 Å². The number of hydrogen-bond acceptors (Lipinski definition) is 5. The molecule has 0 radical (unpaired) electrons. The lowest BCUT2D eigenvalue weighted by atomic mass is 10.2. The second-order valence-corrected chi connectivity index (χ2v) is 5.20. The third-order valence-electron chi connectivity index (χ3n) is 3.02. The van der Waals surface area contributed by atoms with Crippen LogP contribution in [0.3, 0.4) is 0 Å². The molecule has 0 aliphatic heterocycles. The minimum atomic E-state index is -1.09. The van der Waals surface area contributed by atoms with E-state index in [1.165, 1.54) is 12.3 Å². The Morgan fingerprint density at radius 1 is 1.40 bits per heavy atom. The molecule has 1 aromatic heterocycles. The maximum absolute atomic E-state index is 11.1. The van der Waals surface area contributed by atoms with Crippen molar-refractivity contribution in [2.75, 3.05) is 18.9 Å². The molecule has 1 rings (SSSR count). The average molecular weight is 281 g/mol. The summed E-state index contributed by atoms with van der Waals surface area (Å²) in [5.41, 5.74) is 5.83. The molecular weight excluding hydrogens is 258 g/mol. The van der Waals surface area contributed by atoms with Crippen molar-refractivity contribution >= 4 is 11.7 Å². The molecule has 0 spiro atoms. The third kappa shape index (κ3) is 4.38. The van der Waals surface area contributed by atoms with Crippen LogP contribution in [0.25, 0.3) is 0 Å². The largest absolute Gasteiger partial charge is 0.477 e. The van der Waals surface area contributed by atoms with Crippen LogP contribution < -0.4 is 10.5 Å². The first kappa shape index (κ1) is 16.2. The first-order valence-electron chi connectivity index (χ1n) is 6.70. The van der Waals surface area contributed by atoms with Gasteiger partial charge in [-0.05, 0) is 33.8 Å². The summed E-state index contributed by atoms with van der Waals surface area (Å²) in [6, 6.07) is 2.15. The van der Waals surface area contributed by atoms with E-state index in [0.29, 0.717) is 30.9 Å². The molecule has 0 saturated heterocycles. The first-order valence-corrected chi connectivity index (χ1v) is 6.70. The van der Waals surface area contributed by atoms with Gasteiger partial charge in [0.25, 0.3) is 0 Å². The molecule has 112 valence electrons. The van der Waals surface area contributed by atoms with Gasteiger partial charge >= 0.3 is 5.97 Å². The fraction of sp³-hybridized carbons (Fsp3) is 0.571. The highest BCUT2D eigenvalue weighted by Gasteiger charge is 2.16. The minimum Gasteiger partial charge on any atom is -0.477 e. The van der Waals surface area contributed by atoms with E-state index in [1.807, 2.05) is 0 Å². The zero-order chi connectivity index (χ0) is 15.3. The van der Waals surface area contributed by atoms with Crippen LogP contribution in [0.2, 0.25) is 0 Å². The summed E-state index contributed by atoms with van der Waals surface area (Å²) < 4.78 is 5.50. The summed E-state index contributed by atoms with van der Waals surface area (Å²) in [5.74, 6) is -0.983. The molecule has 0 saturated carbocycles. The maximum atomic E-state index is 11.1. The van der Waals surface area contributed by atoms with E-state index in [-0.39, 0.29) is 11.4 Å². The van der Waals surface area contributed by atoms with Crippen molar-refractivity contribution in [3.8, 4) is 5.88 Å². The number of hydrogen-bond donors (Lipinski definition) is 2.